The molecule has 3 nitrogen and oxygen atoms in total. The van der Waals surface area contributed by atoms with Crippen molar-refractivity contribution in [2.45, 2.75) is 33.1 Å². The lowest BCUT2D eigenvalue weighted by Gasteiger charge is -2.02. The predicted molar refractivity (Wildman–Crippen MR) is 69.4 cm³/mol. The fourth-order valence-electron chi connectivity index (χ4n) is 2.10. The summed E-state index contributed by atoms with van der Waals surface area (Å²) in [6, 6.07) is 8.29. The molecule has 0 atom stereocenters. The molecule has 1 heterocycles. The van der Waals surface area contributed by atoms with E-state index in [1.54, 1.807) is 0 Å². The highest BCUT2D eigenvalue weighted by Gasteiger charge is 2.09. The zero-order valence-electron chi connectivity index (χ0n) is 10.3. The summed E-state index contributed by atoms with van der Waals surface area (Å²) < 4.78 is 0. The van der Waals surface area contributed by atoms with Crippen LogP contribution in [0.15, 0.2) is 29.1 Å². The van der Waals surface area contributed by atoms with Gasteiger partial charge in [0.05, 0.1) is 0 Å². The summed E-state index contributed by atoms with van der Waals surface area (Å²) in [5.74, 6) is 0. The topological polar surface area (TPSA) is 48.6 Å². The van der Waals surface area contributed by atoms with Crippen molar-refractivity contribution in [1.82, 2.24) is 10.2 Å². The van der Waals surface area contributed by atoms with E-state index < -0.39 is 0 Å². The van der Waals surface area contributed by atoms with Crippen molar-refractivity contribution in [2.24, 2.45) is 0 Å². The Morgan fingerprint density at radius 1 is 1.24 bits per heavy atom. The van der Waals surface area contributed by atoms with E-state index in [0.717, 1.165) is 24.1 Å². The second-order valence-corrected chi connectivity index (χ2v) is 4.45. The molecule has 0 aliphatic heterocycles. The Labute approximate surface area is 101 Å². The number of nitrogens with one attached hydrogen (secondary N) is 2. The van der Waals surface area contributed by atoms with Gasteiger partial charge >= 0.3 is 0 Å². The standard InChI is InChI=1S/C14H18N2O/c1-3-5-13-12(14(17)16-15-13)9-11-7-4-6-10(2)8-11/h4,6-8H,3,5,9H2,1-2H3,(H2,15,16,17). The predicted octanol–water partition coefficient (Wildman–Crippen LogP) is 2.55. The van der Waals surface area contributed by atoms with E-state index in [4.69, 9.17) is 0 Å². The average Bonchev–Trinajstić information content (AvgIpc) is 2.62. The maximum Gasteiger partial charge on any atom is 0.267 e. The minimum atomic E-state index is 0.00922. The number of rotatable bonds is 4. The third kappa shape index (κ3) is 2.67. The summed E-state index contributed by atoms with van der Waals surface area (Å²) in [4.78, 5) is 11.7. The number of aromatic nitrogens is 2. The van der Waals surface area contributed by atoms with Crippen molar-refractivity contribution in [3.63, 3.8) is 0 Å². The van der Waals surface area contributed by atoms with Crippen LogP contribution in [0.3, 0.4) is 0 Å². The van der Waals surface area contributed by atoms with Crippen LogP contribution in [0, 0.1) is 6.92 Å². The maximum atomic E-state index is 11.7. The first-order valence-electron chi connectivity index (χ1n) is 6.04. The van der Waals surface area contributed by atoms with Gasteiger partial charge in [0.15, 0.2) is 0 Å². The van der Waals surface area contributed by atoms with Gasteiger partial charge in [-0.1, -0.05) is 43.2 Å². The lowest BCUT2D eigenvalue weighted by molar-refractivity contribution is 0.856. The molecule has 0 amide bonds. The fraction of sp³-hybridized carbons (Fsp3) is 0.357. The Bertz CT molecular complexity index is 551. The van der Waals surface area contributed by atoms with Gasteiger partial charge in [-0.25, -0.2) is 0 Å². The monoisotopic (exact) mass is 230 g/mol. The zero-order valence-corrected chi connectivity index (χ0v) is 10.3. The van der Waals surface area contributed by atoms with Crippen molar-refractivity contribution in [3.8, 4) is 0 Å². The summed E-state index contributed by atoms with van der Waals surface area (Å²) in [6.45, 7) is 4.18. The first-order chi connectivity index (χ1) is 8.20. The van der Waals surface area contributed by atoms with E-state index in [1.807, 2.05) is 6.07 Å². The van der Waals surface area contributed by atoms with E-state index in [0.29, 0.717) is 6.42 Å². The van der Waals surface area contributed by atoms with Gasteiger partial charge in [0, 0.05) is 17.7 Å². The molecular weight excluding hydrogens is 212 g/mol. The Morgan fingerprint density at radius 3 is 2.76 bits per heavy atom. The molecule has 0 fully saturated rings. The van der Waals surface area contributed by atoms with Gasteiger partial charge in [-0.3, -0.25) is 9.89 Å². The number of aromatic amines is 2. The van der Waals surface area contributed by atoms with Gasteiger partial charge in [-0.2, -0.15) is 0 Å². The molecule has 90 valence electrons. The maximum absolute atomic E-state index is 11.7. The molecule has 0 aliphatic rings. The van der Waals surface area contributed by atoms with Crippen molar-refractivity contribution in [3.05, 3.63) is 57.0 Å². The van der Waals surface area contributed by atoms with E-state index >= 15 is 0 Å². The van der Waals surface area contributed by atoms with Crippen LogP contribution in [0.4, 0.5) is 0 Å². The lowest BCUT2D eigenvalue weighted by Crippen LogP contribution is -2.07. The first kappa shape index (κ1) is 11.7. The van der Waals surface area contributed by atoms with Gasteiger partial charge in [-0.15, -0.1) is 0 Å². The Kier molecular flexibility index (Phi) is 3.47. The number of hydrogen-bond donors (Lipinski definition) is 2. The summed E-state index contributed by atoms with van der Waals surface area (Å²) in [5.41, 5.74) is 4.34. The molecule has 0 spiro atoms. The number of hydrogen-bond acceptors (Lipinski definition) is 1. The smallest absolute Gasteiger partial charge is 0.267 e. The van der Waals surface area contributed by atoms with Crippen LogP contribution in [0.5, 0.6) is 0 Å². The molecule has 3 heteroatoms. The van der Waals surface area contributed by atoms with Crippen LogP contribution < -0.4 is 5.56 Å². The largest absolute Gasteiger partial charge is 0.302 e. The Balaban J connectivity index is 2.29. The fourth-order valence-corrected chi connectivity index (χ4v) is 2.10. The van der Waals surface area contributed by atoms with Gasteiger partial charge in [0.2, 0.25) is 0 Å². The first-order valence-corrected chi connectivity index (χ1v) is 6.04. The molecule has 0 unspecified atom stereocenters. The van der Waals surface area contributed by atoms with Gasteiger partial charge in [0.25, 0.3) is 5.56 Å². The van der Waals surface area contributed by atoms with Gasteiger partial charge in [0.1, 0.15) is 0 Å². The Hall–Kier alpha value is -1.77. The highest BCUT2D eigenvalue weighted by molar-refractivity contribution is 5.29. The van der Waals surface area contributed by atoms with Crippen molar-refractivity contribution >= 4 is 0 Å². The van der Waals surface area contributed by atoms with Crippen LogP contribution in [0.25, 0.3) is 0 Å². The van der Waals surface area contributed by atoms with Crippen LogP contribution in [0.2, 0.25) is 0 Å². The summed E-state index contributed by atoms with van der Waals surface area (Å²) >= 11 is 0. The SMILES string of the molecule is CCCc1[nH][nH]c(=O)c1Cc1cccc(C)c1. The molecular formula is C14H18N2O. The van der Waals surface area contributed by atoms with Crippen molar-refractivity contribution in [1.29, 1.82) is 0 Å². The zero-order chi connectivity index (χ0) is 12.3. The summed E-state index contributed by atoms with van der Waals surface area (Å²) in [7, 11) is 0. The molecule has 1 aromatic carbocycles. The molecule has 2 aromatic rings. The van der Waals surface area contributed by atoms with E-state index in [1.165, 1.54) is 11.1 Å². The lowest BCUT2D eigenvalue weighted by atomic mass is 10.0. The third-order valence-electron chi connectivity index (χ3n) is 2.93. The molecule has 0 saturated carbocycles. The third-order valence-corrected chi connectivity index (χ3v) is 2.93. The highest BCUT2D eigenvalue weighted by atomic mass is 16.1. The number of benzene rings is 1. The second kappa shape index (κ2) is 5.04. The minimum absolute atomic E-state index is 0.00922. The summed E-state index contributed by atoms with van der Waals surface area (Å²) in [5, 5.41) is 5.65. The van der Waals surface area contributed by atoms with E-state index in [-0.39, 0.29) is 5.56 Å². The Morgan fingerprint density at radius 2 is 2.06 bits per heavy atom. The van der Waals surface area contributed by atoms with Gasteiger partial charge in [-0.05, 0) is 18.9 Å². The van der Waals surface area contributed by atoms with Crippen LogP contribution in [-0.4, -0.2) is 10.2 Å². The van der Waals surface area contributed by atoms with Crippen LogP contribution in [0.1, 0.15) is 35.7 Å². The quantitative estimate of drug-likeness (QED) is 0.833. The van der Waals surface area contributed by atoms with Crippen molar-refractivity contribution < 1.29 is 0 Å². The molecule has 0 saturated heterocycles. The molecule has 2 rings (SSSR count). The molecule has 0 aliphatic carbocycles. The highest BCUT2D eigenvalue weighted by Crippen LogP contribution is 2.11. The summed E-state index contributed by atoms with van der Waals surface area (Å²) in [6.07, 6.45) is 2.66. The molecule has 0 bridgehead atoms. The molecule has 2 N–H and O–H groups in total. The van der Waals surface area contributed by atoms with Crippen LogP contribution >= 0.6 is 0 Å². The molecule has 17 heavy (non-hydrogen) atoms. The number of aryl methyl sites for hydroxylation is 2. The average molecular weight is 230 g/mol. The van der Waals surface area contributed by atoms with Crippen molar-refractivity contribution in [2.75, 3.05) is 0 Å². The van der Waals surface area contributed by atoms with E-state index in [2.05, 4.69) is 42.2 Å². The van der Waals surface area contributed by atoms with Gasteiger partial charge < -0.3 is 5.10 Å². The molecule has 1 aromatic heterocycles. The van der Waals surface area contributed by atoms with Crippen LogP contribution in [-0.2, 0) is 12.8 Å². The number of H-pyrrole nitrogens is 2. The van der Waals surface area contributed by atoms with E-state index in [9.17, 15) is 4.79 Å². The normalized spacial score (nSPS) is 10.7. The second-order valence-electron chi connectivity index (χ2n) is 4.45. The minimum Gasteiger partial charge on any atom is -0.302 e. The molecule has 0 radical (unpaired) electrons.